The summed E-state index contributed by atoms with van der Waals surface area (Å²) in [4.78, 5) is 0. The Labute approximate surface area is 330 Å². The lowest BCUT2D eigenvalue weighted by Gasteiger charge is -2.12. The molecule has 5 aromatic heterocycles. The summed E-state index contributed by atoms with van der Waals surface area (Å²) in [6, 6.07) is 68.0. The molecule has 0 saturated heterocycles. The van der Waals surface area contributed by atoms with Gasteiger partial charge in [-0.05, 0) is 100 Å². The number of hydrogen-bond acceptors (Lipinski definition) is 1. The van der Waals surface area contributed by atoms with Crippen LogP contribution in [0.4, 0.5) is 0 Å². The van der Waals surface area contributed by atoms with E-state index in [2.05, 4.69) is 191 Å². The van der Waals surface area contributed by atoms with Crippen LogP contribution in [-0.4, -0.2) is 8.80 Å². The first-order valence-electron chi connectivity index (χ1n) is 19.7. The Morgan fingerprint density at radius 2 is 0.789 bits per heavy atom. The molecule has 0 aliphatic rings. The smallest absolute Gasteiger partial charge is 0.0621 e. The van der Waals surface area contributed by atoms with Crippen molar-refractivity contribution in [3.63, 3.8) is 0 Å². The Morgan fingerprint density at radius 3 is 1.53 bits per heavy atom. The first-order valence-corrected chi connectivity index (χ1v) is 20.5. The average Bonchev–Trinajstić information content (AvgIpc) is 4.07. The van der Waals surface area contributed by atoms with E-state index in [0.717, 1.165) is 0 Å². The molecule has 0 unspecified atom stereocenters. The predicted molar refractivity (Wildman–Crippen MR) is 245 cm³/mol. The van der Waals surface area contributed by atoms with E-state index >= 15 is 0 Å². The molecular weight excluding hydrogens is 709 g/mol. The molecule has 0 fully saturated rings. The van der Waals surface area contributed by atoms with E-state index in [1.165, 1.54) is 130 Å². The molecule has 0 saturated carbocycles. The monoisotopic (exact) mass is 738 g/mol. The maximum absolute atomic E-state index is 2.58. The molecule has 3 heteroatoms. The molecule has 2 nitrogen and oxygen atoms in total. The van der Waals surface area contributed by atoms with Gasteiger partial charge in [-0.3, -0.25) is 0 Å². The molecule has 14 aromatic rings. The summed E-state index contributed by atoms with van der Waals surface area (Å²) in [6.45, 7) is 0. The van der Waals surface area contributed by atoms with Crippen molar-refractivity contribution >= 4 is 108 Å². The zero-order chi connectivity index (χ0) is 36.9. The molecule has 57 heavy (non-hydrogen) atoms. The van der Waals surface area contributed by atoms with Crippen molar-refractivity contribution in [3.8, 4) is 33.4 Å². The van der Waals surface area contributed by atoms with Gasteiger partial charge in [0, 0.05) is 63.3 Å². The van der Waals surface area contributed by atoms with Crippen LogP contribution in [0, 0.1) is 0 Å². The van der Waals surface area contributed by atoms with E-state index in [0.29, 0.717) is 0 Å². The quantitative estimate of drug-likeness (QED) is 0.171. The molecule has 0 spiro atoms. The summed E-state index contributed by atoms with van der Waals surface area (Å²) in [5, 5.41) is 13.2. The van der Waals surface area contributed by atoms with Gasteiger partial charge in [0.1, 0.15) is 0 Å². The van der Waals surface area contributed by atoms with Crippen LogP contribution in [0.2, 0.25) is 0 Å². The molecule has 0 bridgehead atoms. The predicted octanol–water partition coefficient (Wildman–Crippen LogP) is 15.4. The number of fused-ring (bicyclic) bond motifs is 16. The maximum Gasteiger partial charge on any atom is 0.0621 e. The fraction of sp³-hybridized carbons (Fsp3) is 0. The van der Waals surface area contributed by atoms with E-state index in [1.807, 2.05) is 11.3 Å². The molecule has 0 amide bonds. The molecule has 0 aliphatic heterocycles. The van der Waals surface area contributed by atoms with Gasteiger partial charge in [-0.2, -0.15) is 0 Å². The Balaban J connectivity index is 1.17. The molecule has 0 N–H and O–H groups in total. The SMILES string of the molecule is c1ccc(-c2cc(-c3ccccc3)cc(-c3cc4c5cc6c(cc5n5c7ccc8sc9ccccc9c8c7c(c3)c45)c3cccc4c5ccccc5n6c43)c2)cc1. The third-order valence-corrected chi connectivity index (χ3v) is 13.9. The minimum Gasteiger partial charge on any atom is -0.308 e. The largest absolute Gasteiger partial charge is 0.308 e. The minimum atomic E-state index is 1.22. The van der Waals surface area contributed by atoms with Crippen LogP contribution >= 0.6 is 11.3 Å². The Bertz CT molecular complexity index is 3900. The topological polar surface area (TPSA) is 8.82 Å². The molecule has 0 aliphatic carbocycles. The first kappa shape index (κ1) is 30.1. The highest BCUT2D eigenvalue weighted by molar-refractivity contribution is 7.26. The summed E-state index contributed by atoms with van der Waals surface area (Å²) in [5.41, 5.74) is 15.0. The van der Waals surface area contributed by atoms with Crippen LogP contribution in [0.1, 0.15) is 0 Å². The molecule has 5 heterocycles. The van der Waals surface area contributed by atoms with Crippen LogP contribution in [0.3, 0.4) is 0 Å². The number of rotatable bonds is 3. The van der Waals surface area contributed by atoms with Crippen molar-refractivity contribution in [3.05, 3.63) is 182 Å². The van der Waals surface area contributed by atoms with E-state index in [1.54, 1.807) is 0 Å². The van der Waals surface area contributed by atoms with Crippen LogP contribution in [0.5, 0.6) is 0 Å². The van der Waals surface area contributed by atoms with Crippen molar-refractivity contribution < 1.29 is 0 Å². The van der Waals surface area contributed by atoms with E-state index in [9.17, 15) is 0 Å². The molecule has 14 rings (SSSR count). The summed E-state index contributed by atoms with van der Waals surface area (Å²) in [5.74, 6) is 0. The fourth-order valence-electron chi connectivity index (χ4n) is 10.3. The van der Waals surface area contributed by atoms with E-state index in [4.69, 9.17) is 0 Å². The number of thiophene rings is 1. The average molecular weight is 739 g/mol. The third-order valence-electron chi connectivity index (χ3n) is 12.7. The van der Waals surface area contributed by atoms with Crippen LogP contribution in [0.15, 0.2) is 182 Å². The van der Waals surface area contributed by atoms with Crippen LogP contribution in [0.25, 0.3) is 130 Å². The molecule has 9 aromatic carbocycles. The summed E-state index contributed by atoms with van der Waals surface area (Å²) >= 11 is 1.90. The molecule has 0 radical (unpaired) electrons. The second-order valence-electron chi connectivity index (χ2n) is 15.7. The van der Waals surface area contributed by atoms with Crippen molar-refractivity contribution in [2.75, 3.05) is 0 Å². The van der Waals surface area contributed by atoms with Crippen LogP contribution in [-0.2, 0) is 0 Å². The molecule has 262 valence electrons. The summed E-state index contributed by atoms with van der Waals surface area (Å²) in [6.07, 6.45) is 0. The van der Waals surface area contributed by atoms with Crippen molar-refractivity contribution in [1.29, 1.82) is 0 Å². The van der Waals surface area contributed by atoms with Gasteiger partial charge in [-0.15, -0.1) is 11.3 Å². The second kappa shape index (κ2) is 10.8. The zero-order valence-corrected chi connectivity index (χ0v) is 31.4. The van der Waals surface area contributed by atoms with Gasteiger partial charge < -0.3 is 8.80 Å². The lowest BCUT2D eigenvalue weighted by molar-refractivity contribution is 1.36. The van der Waals surface area contributed by atoms with Crippen molar-refractivity contribution in [1.82, 2.24) is 8.80 Å². The molecular formula is C54H30N2S. The van der Waals surface area contributed by atoms with Gasteiger partial charge in [0.2, 0.25) is 0 Å². The summed E-state index contributed by atoms with van der Waals surface area (Å²) < 4.78 is 7.75. The van der Waals surface area contributed by atoms with Crippen molar-refractivity contribution in [2.45, 2.75) is 0 Å². The van der Waals surface area contributed by atoms with Gasteiger partial charge in [-0.1, -0.05) is 115 Å². The fourth-order valence-corrected chi connectivity index (χ4v) is 11.4. The Hall–Kier alpha value is -7.20. The van der Waals surface area contributed by atoms with Gasteiger partial charge in [-0.25, -0.2) is 0 Å². The van der Waals surface area contributed by atoms with E-state index in [-0.39, 0.29) is 0 Å². The summed E-state index contributed by atoms with van der Waals surface area (Å²) in [7, 11) is 0. The number of benzene rings is 9. The third kappa shape index (κ3) is 3.89. The number of aromatic nitrogens is 2. The van der Waals surface area contributed by atoms with Gasteiger partial charge in [0.15, 0.2) is 0 Å². The highest BCUT2D eigenvalue weighted by Crippen LogP contribution is 2.49. The van der Waals surface area contributed by atoms with Crippen molar-refractivity contribution in [2.24, 2.45) is 0 Å². The normalized spacial score (nSPS) is 12.6. The van der Waals surface area contributed by atoms with E-state index < -0.39 is 0 Å². The first-order chi connectivity index (χ1) is 28.3. The lowest BCUT2D eigenvalue weighted by Crippen LogP contribution is -1.86. The number of nitrogens with zero attached hydrogens (tertiary/aromatic N) is 2. The highest BCUT2D eigenvalue weighted by Gasteiger charge is 2.25. The number of hydrogen-bond donors (Lipinski definition) is 0. The Morgan fingerprint density at radius 1 is 0.263 bits per heavy atom. The highest BCUT2D eigenvalue weighted by atomic mass is 32.1. The minimum absolute atomic E-state index is 1.22. The van der Waals surface area contributed by atoms with Gasteiger partial charge >= 0.3 is 0 Å². The number of para-hydroxylation sites is 2. The lowest BCUT2D eigenvalue weighted by atomic mass is 9.92. The zero-order valence-electron chi connectivity index (χ0n) is 30.6. The second-order valence-corrected chi connectivity index (χ2v) is 16.7. The maximum atomic E-state index is 2.58. The van der Waals surface area contributed by atoms with Crippen LogP contribution < -0.4 is 0 Å². The molecule has 0 atom stereocenters. The Kier molecular flexibility index (Phi) is 5.68. The standard InChI is InChI=1S/C54H30N2S/c1-3-12-31(13-4-1)33-24-34(32-14-5-2-6-15-32)26-35(25-33)36-27-43-42-30-47-41(39-19-11-18-38-37-16-7-9-20-45(37)55(47)53(38)39)29-48(42)56-46-22-23-50-52(51(46)44(28-36)54(43)56)40-17-8-10-21-49(40)57-50/h1-30H. The van der Waals surface area contributed by atoms with Gasteiger partial charge in [0.05, 0.1) is 33.1 Å². The van der Waals surface area contributed by atoms with Gasteiger partial charge in [0.25, 0.3) is 0 Å².